The second-order valence-corrected chi connectivity index (χ2v) is 4.14. The number of nitrogens with zero attached hydrogens (tertiary/aromatic N) is 1. The first-order valence-electron chi connectivity index (χ1n) is 5.88. The lowest BCUT2D eigenvalue weighted by molar-refractivity contribution is -0.127. The molecule has 6 nitrogen and oxygen atoms in total. The fraction of sp³-hybridized carbons (Fsp3) is 0.385. The average Bonchev–Trinajstić information content (AvgIpc) is 2.39. The van der Waals surface area contributed by atoms with Crippen molar-refractivity contribution in [3.63, 3.8) is 0 Å². The molecule has 1 rings (SSSR count). The van der Waals surface area contributed by atoms with Crippen LogP contribution in [0.25, 0.3) is 0 Å². The minimum atomic E-state index is -0.226. The SMILES string of the molecule is COc1ccccc1NC(=O)CNCC(=O)N(C)C. The second kappa shape index (κ2) is 7.38. The summed E-state index contributed by atoms with van der Waals surface area (Å²) in [4.78, 5) is 24.4. The molecule has 0 aliphatic carbocycles. The van der Waals surface area contributed by atoms with Gasteiger partial charge >= 0.3 is 0 Å². The minimum Gasteiger partial charge on any atom is -0.495 e. The van der Waals surface area contributed by atoms with E-state index >= 15 is 0 Å². The third-order valence-electron chi connectivity index (χ3n) is 2.44. The van der Waals surface area contributed by atoms with E-state index in [1.165, 1.54) is 4.90 Å². The largest absolute Gasteiger partial charge is 0.495 e. The van der Waals surface area contributed by atoms with Crippen LogP contribution in [0.2, 0.25) is 0 Å². The molecule has 0 atom stereocenters. The van der Waals surface area contributed by atoms with Crippen LogP contribution in [0.5, 0.6) is 5.75 Å². The number of methoxy groups -OCH3 is 1. The topological polar surface area (TPSA) is 70.7 Å². The van der Waals surface area contributed by atoms with Crippen molar-refractivity contribution in [2.45, 2.75) is 0 Å². The maximum absolute atomic E-state index is 11.7. The van der Waals surface area contributed by atoms with Gasteiger partial charge in [0.05, 0.1) is 25.9 Å². The molecule has 0 heterocycles. The number of nitrogens with one attached hydrogen (secondary N) is 2. The van der Waals surface area contributed by atoms with Gasteiger partial charge in [-0.05, 0) is 12.1 Å². The number of amides is 2. The first-order chi connectivity index (χ1) is 9.04. The molecule has 0 spiro atoms. The summed E-state index contributed by atoms with van der Waals surface area (Å²) in [5, 5.41) is 5.49. The van der Waals surface area contributed by atoms with Gasteiger partial charge in [0, 0.05) is 14.1 Å². The molecule has 0 saturated heterocycles. The highest BCUT2D eigenvalue weighted by Crippen LogP contribution is 2.22. The zero-order chi connectivity index (χ0) is 14.3. The van der Waals surface area contributed by atoms with Gasteiger partial charge in [-0.25, -0.2) is 0 Å². The van der Waals surface area contributed by atoms with E-state index in [0.29, 0.717) is 11.4 Å². The molecule has 104 valence electrons. The van der Waals surface area contributed by atoms with E-state index in [-0.39, 0.29) is 24.9 Å². The highest BCUT2D eigenvalue weighted by Gasteiger charge is 2.08. The highest BCUT2D eigenvalue weighted by molar-refractivity contribution is 5.94. The third kappa shape index (κ3) is 4.97. The van der Waals surface area contributed by atoms with Gasteiger partial charge in [-0.3, -0.25) is 14.9 Å². The van der Waals surface area contributed by atoms with Crippen molar-refractivity contribution in [3.8, 4) is 5.75 Å². The zero-order valence-corrected chi connectivity index (χ0v) is 11.4. The Hall–Kier alpha value is -2.08. The van der Waals surface area contributed by atoms with Gasteiger partial charge in [0.15, 0.2) is 0 Å². The summed E-state index contributed by atoms with van der Waals surface area (Å²) in [6.45, 7) is 0.198. The van der Waals surface area contributed by atoms with E-state index in [1.807, 2.05) is 6.07 Å². The summed E-state index contributed by atoms with van der Waals surface area (Å²) >= 11 is 0. The Morgan fingerprint density at radius 1 is 1.21 bits per heavy atom. The molecule has 0 aliphatic heterocycles. The molecule has 1 aromatic carbocycles. The van der Waals surface area contributed by atoms with Gasteiger partial charge in [-0.15, -0.1) is 0 Å². The summed E-state index contributed by atoms with van der Waals surface area (Å²) in [7, 11) is 4.87. The van der Waals surface area contributed by atoms with Gasteiger partial charge in [0.25, 0.3) is 0 Å². The molecule has 2 N–H and O–H groups in total. The number of rotatable bonds is 6. The lowest BCUT2D eigenvalue weighted by atomic mass is 10.3. The standard InChI is InChI=1S/C13H19N3O3/c1-16(2)13(18)9-14-8-12(17)15-10-6-4-5-7-11(10)19-3/h4-7,14H,8-9H2,1-3H3,(H,15,17). The van der Waals surface area contributed by atoms with Crippen molar-refractivity contribution >= 4 is 17.5 Å². The number of hydrogen-bond donors (Lipinski definition) is 2. The Morgan fingerprint density at radius 3 is 2.53 bits per heavy atom. The normalized spacial score (nSPS) is 9.84. The lowest BCUT2D eigenvalue weighted by Gasteiger charge is -2.12. The van der Waals surface area contributed by atoms with E-state index in [2.05, 4.69) is 10.6 Å². The molecule has 1 aromatic rings. The minimum absolute atomic E-state index is 0.0671. The van der Waals surface area contributed by atoms with Crippen LogP contribution in [0, 0.1) is 0 Å². The Morgan fingerprint density at radius 2 is 1.89 bits per heavy atom. The number of ether oxygens (including phenoxy) is 1. The van der Waals surface area contributed by atoms with Crippen LogP contribution < -0.4 is 15.4 Å². The number of hydrogen-bond acceptors (Lipinski definition) is 4. The quantitative estimate of drug-likeness (QED) is 0.776. The van der Waals surface area contributed by atoms with E-state index in [0.717, 1.165) is 0 Å². The van der Waals surface area contributed by atoms with Crippen LogP contribution in [-0.2, 0) is 9.59 Å². The molecule has 0 radical (unpaired) electrons. The van der Waals surface area contributed by atoms with Crippen molar-refractivity contribution in [1.29, 1.82) is 0 Å². The maximum atomic E-state index is 11.7. The fourth-order valence-corrected chi connectivity index (χ4v) is 1.38. The summed E-state index contributed by atoms with van der Waals surface area (Å²) in [6.07, 6.45) is 0. The van der Waals surface area contributed by atoms with E-state index in [9.17, 15) is 9.59 Å². The molecule has 0 aromatic heterocycles. The van der Waals surface area contributed by atoms with Crippen molar-refractivity contribution in [1.82, 2.24) is 10.2 Å². The number of anilines is 1. The Balaban J connectivity index is 2.41. The van der Waals surface area contributed by atoms with Crippen molar-refractivity contribution < 1.29 is 14.3 Å². The van der Waals surface area contributed by atoms with E-state index < -0.39 is 0 Å². The van der Waals surface area contributed by atoms with Crippen molar-refractivity contribution in [3.05, 3.63) is 24.3 Å². The summed E-state index contributed by atoms with van der Waals surface area (Å²) in [6, 6.07) is 7.14. The van der Waals surface area contributed by atoms with Gasteiger partial charge in [-0.2, -0.15) is 0 Å². The first kappa shape index (κ1) is 15.0. The summed E-state index contributed by atoms with van der Waals surface area (Å²) < 4.78 is 5.12. The fourth-order valence-electron chi connectivity index (χ4n) is 1.38. The first-order valence-corrected chi connectivity index (χ1v) is 5.88. The molecule has 19 heavy (non-hydrogen) atoms. The zero-order valence-electron chi connectivity index (χ0n) is 11.4. The van der Waals surface area contributed by atoms with Crippen LogP contribution in [0.15, 0.2) is 24.3 Å². The Kier molecular flexibility index (Phi) is 5.81. The number of para-hydroxylation sites is 2. The summed E-state index contributed by atoms with van der Waals surface area (Å²) in [5.41, 5.74) is 0.607. The maximum Gasteiger partial charge on any atom is 0.238 e. The van der Waals surface area contributed by atoms with Crippen molar-refractivity contribution in [2.24, 2.45) is 0 Å². The molecule has 0 bridgehead atoms. The Bertz CT molecular complexity index is 447. The van der Waals surface area contributed by atoms with Crippen LogP contribution >= 0.6 is 0 Å². The number of carbonyl (C=O) groups excluding carboxylic acids is 2. The predicted octanol–water partition coefficient (Wildman–Crippen LogP) is 0.311. The van der Waals surface area contributed by atoms with Crippen LogP contribution in [0.4, 0.5) is 5.69 Å². The molecule has 0 saturated carbocycles. The molecule has 2 amide bonds. The lowest BCUT2D eigenvalue weighted by Crippen LogP contribution is -2.37. The highest BCUT2D eigenvalue weighted by atomic mass is 16.5. The third-order valence-corrected chi connectivity index (χ3v) is 2.44. The number of carbonyl (C=O) groups is 2. The second-order valence-electron chi connectivity index (χ2n) is 4.14. The molecular weight excluding hydrogens is 246 g/mol. The summed E-state index contributed by atoms with van der Waals surface area (Å²) in [5.74, 6) is 0.293. The van der Waals surface area contributed by atoms with Gasteiger partial charge in [-0.1, -0.05) is 12.1 Å². The van der Waals surface area contributed by atoms with Crippen LogP contribution in [-0.4, -0.2) is 51.0 Å². The monoisotopic (exact) mass is 265 g/mol. The van der Waals surface area contributed by atoms with E-state index in [1.54, 1.807) is 39.4 Å². The number of benzene rings is 1. The van der Waals surface area contributed by atoms with Crippen LogP contribution in [0.1, 0.15) is 0 Å². The smallest absolute Gasteiger partial charge is 0.238 e. The Labute approximate surface area is 112 Å². The molecular formula is C13H19N3O3. The average molecular weight is 265 g/mol. The molecule has 0 fully saturated rings. The van der Waals surface area contributed by atoms with E-state index in [4.69, 9.17) is 4.74 Å². The number of likely N-dealkylation sites (N-methyl/N-ethyl adjacent to an activating group) is 1. The van der Waals surface area contributed by atoms with Crippen molar-refractivity contribution in [2.75, 3.05) is 39.6 Å². The van der Waals surface area contributed by atoms with Crippen LogP contribution in [0.3, 0.4) is 0 Å². The van der Waals surface area contributed by atoms with Gasteiger partial charge in [0.1, 0.15) is 5.75 Å². The molecule has 0 aliphatic rings. The van der Waals surface area contributed by atoms with Gasteiger partial charge < -0.3 is 15.0 Å². The van der Waals surface area contributed by atoms with Gasteiger partial charge in [0.2, 0.25) is 11.8 Å². The molecule has 6 heteroatoms. The predicted molar refractivity (Wildman–Crippen MR) is 73.2 cm³/mol. The molecule has 0 unspecified atom stereocenters.